The van der Waals surface area contributed by atoms with E-state index >= 15 is 0 Å². The lowest BCUT2D eigenvalue weighted by molar-refractivity contribution is -0.140. The molecule has 1 saturated carbocycles. The average molecular weight is 398 g/mol. The number of imide groups is 1. The van der Waals surface area contributed by atoms with E-state index in [1.54, 1.807) is 0 Å². The molecule has 1 spiro atoms. The van der Waals surface area contributed by atoms with E-state index in [1.807, 2.05) is 24.3 Å². The SMILES string of the molecule is CC1CCC2(CC1)NC(=O)N(NC(=O)CC[C@@H]1Cc3ccccc3NC1=O)C2=O. The van der Waals surface area contributed by atoms with Crippen LogP contribution in [0, 0.1) is 11.8 Å². The van der Waals surface area contributed by atoms with Crippen LogP contribution in [-0.2, 0) is 20.8 Å². The molecule has 2 heterocycles. The van der Waals surface area contributed by atoms with Crippen molar-refractivity contribution in [2.45, 2.75) is 57.4 Å². The molecule has 154 valence electrons. The Kier molecular flexibility index (Phi) is 5.02. The maximum absolute atomic E-state index is 12.8. The van der Waals surface area contributed by atoms with Crippen LogP contribution >= 0.6 is 0 Å². The molecule has 0 aromatic heterocycles. The van der Waals surface area contributed by atoms with Gasteiger partial charge >= 0.3 is 6.03 Å². The highest BCUT2D eigenvalue weighted by molar-refractivity contribution is 6.08. The summed E-state index contributed by atoms with van der Waals surface area (Å²) in [5, 5.41) is 6.46. The summed E-state index contributed by atoms with van der Waals surface area (Å²) in [6.07, 6.45) is 3.89. The Hall–Kier alpha value is -2.90. The minimum Gasteiger partial charge on any atom is -0.326 e. The fraction of sp³-hybridized carbons (Fsp3) is 0.524. The molecule has 8 heteroatoms. The van der Waals surface area contributed by atoms with Crippen LogP contribution in [0.25, 0.3) is 0 Å². The monoisotopic (exact) mass is 398 g/mol. The van der Waals surface area contributed by atoms with Gasteiger partial charge in [-0.2, -0.15) is 5.01 Å². The molecule has 2 aliphatic heterocycles. The quantitative estimate of drug-likeness (QED) is 0.675. The first-order valence-corrected chi connectivity index (χ1v) is 10.2. The molecule has 2 fully saturated rings. The minimum atomic E-state index is -0.885. The van der Waals surface area contributed by atoms with Crippen molar-refractivity contribution in [1.82, 2.24) is 15.8 Å². The van der Waals surface area contributed by atoms with Gasteiger partial charge in [-0.05, 0) is 56.1 Å². The van der Waals surface area contributed by atoms with E-state index < -0.39 is 17.5 Å². The molecule has 8 nitrogen and oxygen atoms in total. The summed E-state index contributed by atoms with van der Waals surface area (Å²) in [4.78, 5) is 49.7. The summed E-state index contributed by atoms with van der Waals surface area (Å²) in [5.41, 5.74) is 3.40. The topological polar surface area (TPSA) is 108 Å². The molecule has 4 rings (SSSR count). The molecule has 1 saturated heterocycles. The Morgan fingerprint density at radius 2 is 1.93 bits per heavy atom. The van der Waals surface area contributed by atoms with E-state index in [0.29, 0.717) is 31.6 Å². The fourth-order valence-electron chi connectivity index (χ4n) is 4.45. The molecule has 0 unspecified atom stereocenters. The predicted octanol–water partition coefficient (Wildman–Crippen LogP) is 2.11. The van der Waals surface area contributed by atoms with Gasteiger partial charge in [0.1, 0.15) is 5.54 Å². The number of hydrazine groups is 1. The molecule has 5 amide bonds. The third-order valence-electron chi connectivity index (χ3n) is 6.36. The molecule has 1 aromatic carbocycles. The number of anilines is 1. The van der Waals surface area contributed by atoms with Crippen molar-refractivity contribution in [2.75, 3.05) is 5.32 Å². The lowest BCUT2D eigenvalue weighted by atomic mass is 9.77. The van der Waals surface area contributed by atoms with Crippen LogP contribution in [-0.4, -0.2) is 34.3 Å². The minimum absolute atomic E-state index is 0.0569. The Balaban J connectivity index is 1.33. The van der Waals surface area contributed by atoms with E-state index in [4.69, 9.17) is 0 Å². The van der Waals surface area contributed by atoms with Gasteiger partial charge in [0.15, 0.2) is 0 Å². The van der Waals surface area contributed by atoms with Gasteiger partial charge in [-0.3, -0.25) is 19.8 Å². The third-order valence-corrected chi connectivity index (χ3v) is 6.36. The van der Waals surface area contributed by atoms with Crippen molar-refractivity contribution < 1.29 is 19.2 Å². The van der Waals surface area contributed by atoms with Crippen molar-refractivity contribution in [3.63, 3.8) is 0 Å². The Bertz CT molecular complexity index is 860. The zero-order valence-electron chi connectivity index (χ0n) is 16.5. The van der Waals surface area contributed by atoms with E-state index in [2.05, 4.69) is 23.0 Å². The zero-order valence-corrected chi connectivity index (χ0v) is 16.5. The van der Waals surface area contributed by atoms with Crippen molar-refractivity contribution in [3.05, 3.63) is 29.8 Å². The first-order chi connectivity index (χ1) is 13.9. The Morgan fingerprint density at radius 3 is 2.69 bits per heavy atom. The molecular weight excluding hydrogens is 372 g/mol. The zero-order chi connectivity index (χ0) is 20.6. The number of carbonyl (C=O) groups excluding carboxylic acids is 4. The molecule has 1 atom stereocenters. The van der Waals surface area contributed by atoms with Gasteiger partial charge in [0.2, 0.25) is 11.8 Å². The number of hydrogen-bond donors (Lipinski definition) is 3. The molecule has 1 aliphatic carbocycles. The van der Waals surface area contributed by atoms with Gasteiger partial charge in [-0.25, -0.2) is 4.79 Å². The smallest absolute Gasteiger partial charge is 0.326 e. The summed E-state index contributed by atoms with van der Waals surface area (Å²) in [7, 11) is 0. The Morgan fingerprint density at radius 1 is 1.21 bits per heavy atom. The van der Waals surface area contributed by atoms with Gasteiger partial charge < -0.3 is 10.6 Å². The number of benzene rings is 1. The van der Waals surface area contributed by atoms with Crippen LogP contribution in [0.5, 0.6) is 0 Å². The normalized spacial score (nSPS) is 28.7. The maximum Gasteiger partial charge on any atom is 0.344 e. The number of carbonyl (C=O) groups is 4. The van der Waals surface area contributed by atoms with Crippen molar-refractivity contribution in [1.29, 1.82) is 0 Å². The number of fused-ring (bicyclic) bond motifs is 1. The molecule has 29 heavy (non-hydrogen) atoms. The van der Waals surface area contributed by atoms with E-state index in [9.17, 15) is 19.2 Å². The largest absolute Gasteiger partial charge is 0.344 e. The predicted molar refractivity (Wildman–Crippen MR) is 105 cm³/mol. The fourth-order valence-corrected chi connectivity index (χ4v) is 4.45. The first-order valence-electron chi connectivity index (χ1n) is 10.2. The average Bonchev–Trinajstić information content (AvgIpc) is 2.93. The van der Waals surface area contributed by atoms with Crippen LogP contribution in [0.15, 0.2) is 24.3 Å². The van der Waals surface area contributed by atoms with Crippen LogP contribution in [0.1, 0.15) is 51.0 Å². The Labute approximate surface area is 169 Å². The van der Waals surface area contributed by atoms with E-state index in [0.717, 1.165) is 29.1 Å². The van der Waals surface area contributed by atoms with E-state index in [1.165, 1.54) is 0 Å². The highest BCUT2D eigenvalue weighted by Gasteiger charge is 2.52. The number of urea groups is 1. The lowest BCUT2D eigenvalue weighted by Gasteiger charge is -2.33. The van der Waals surface area contributed by atoms with Gasteiger partial charge in [0, 0.05) is 18.0 Å². The summed E-state index contributed by atoms with van der Waals surface area (Å²) in [5.74, 6) is -0.721. The van der Waals surface area contributed by atoms with Crippen molar-refractivity contribution in [3.8, 4) is 0 Å². The standard InChI is InChI=1S/C21H26N4O4/c1-13-8-10-21(11-9-13)19(28)25(20(29)23-21)24-17(26)7-6-15-12-14-4-2-3-5-16(14)22-18(15)27/h2-5,13,15H,6-12H2,1H3,(H,22,27)(H,23,29)(H,24,26)/t13?,15-,21?/m1/s1. The summed E-state index contributed by atoms with van der Waals surface area (Å²) in [6, 6.07) is 7.02. The van der Waals surface area contributed by atoms with Crippen molar-refractivity contribution in [2.24, 2.45) is 11.8 Å². The first kappa shape index (κ1) is 19.4. The van der Waals surface area contributed by atoms with Crippen LogP contribution in [0.3, 0.4) is 0 Å². The van der Waals surface area contributed by atoms with Crippen LogP contribution in [0.4, 0.5) is 10.5 Å². The van der Waals surface area contributed by atoms with Gasteiger partial charge in [-0.1, -0.05) is 25.1 Å². The summed E-state index contributed by atoms with van der Waals surface area (Å²) >= 11 is 0. The second kappa shape index (κ2) is 7.50. The van der Waals surface area contributed by atoms with Gasteiger partial charge in [0.25, 0.3) is 5.91 Å². The van der Waals surface area contributed by atoms with E-state index in [-0.39, 0.29) is 24.2 Å². The number of para-hydroxylation sites is 1. The van der Waals surface area contributed by atoms with Gasteiger partial charge in [0.05, 0.1) is 0 Å². The highest BCUT2D eigenvalue weighted by Crippen LogP contribution is 2.36. The second-order valence-corrected chi connectivity index (χ2v) is 8.46. The van der Waals surface area contributed by atoms with Crippen LogP contribution in [0.2, 0.25) is 0 Å². The third kappa shape index (κ3) is 3.71. The molecule has 3 N–H and O–H groups in total. The summed E-state index contributed by atoms with van der Waals surface area (Å²) < 4.78 is 0. The second-order valence-electron chi connectivity index (χ2n) is 8.46. The highest BCUT2D eigenvalue weighted by atomic mass is 16.2. The van der Waals surface area contributed by atoms with Crippen molar-refractivity contribution >= 4 is 29.4 Å². The number of nitrogens with one attached hydrogen (secondary N) is 3. The van der Waals surface area contributed by atoms with Gasteiger partial charge in [-0.15, -0.1) is 0 Å². The number of nitrogens with zero attached hydrogens (tertiary/aromatic N) is 1. The lowest BCUT2D eigenvalue weighted by Crippen LogP contribution is -2.51. The molecule has 3 aliphatic rings. The summed E-state index contributed by atoms with van der Waals surface area (Å²) in [6.45, 7) is 2.13. The molecule has 0 radical (unpaired) electrons. The number of amides is 5. The molecular formula is C21H26N4O4. The van der Waals surface area contributed by atoms with Crippen LogP contribution < -0.4 is 16.1 Å². The number of hydrogen-bond acceptors (Lipinski definition) is 4. The molecule has 0 bridgehead atoms. The maximum atomic E-state index is 12.8. The molecule has 1 aromatic rings. The number of rotatable bonds is 4.